The number of nitrogens with zero attached hydrogens (tertiary/aromatic N) is 5. The van der Waals surface area contributed by atoms with Gasteiger partial charge in [-0.05, 0) is 69.7 Å². The van der Waals surface area contributed by atoms with Crippen LogP contribution in [0.2, 0.25) is 0 Å². The quantitative estimate of drug-likeness (QED) is 0.776. The van der Waals surface area contributed by atoms with Crippen molar-refractivity contribution in [2.75, 3.05) is 19.6 Å². The topological polar surface area (TPSA) is 54.3 Å². The van der Waals surface area contributed by atoms with E-state index in [1.807, 2.05) is 30.7 Å². The largest absolute Gasteiger partial charge is 0.341 e. The smallest absolute Gasteiger partial charge is 0.239 e. The number of rotatable bonds is 5. The van der Waals surface area contributed by atoms with E-state index in [0.717, 1.165) is 69.1 Å². The molecule has 0 saturated carbocycles. The Kier molecular flexibility index (Phi) is 5.94. The van der Waals surface area contributed by atoms with E-state index in [-0.39, 0.29) is 17.8 Å². The van der Waals surface area contributed by atoms with Crippen LogP contribution in [-0.2, 0) is 17.9 Å². The van der Waals surface area contributed by atoms with E-state index in [1.165, 1.54) is 12.1 Å². The summed E-state index contributed by atoms with van der Waals surface area (Å²) in [7, 11) is 0. The fourth-order valence-electron chi connectivity index (χ4n) is 4.72. The highest BCUT2D eigenvalue weighted by atomic mass is 19.1. The first-order valence-corrected chi connectivity index (χ1v) is 10.6. The van der Waals surface area contributed by atoms with Gasteiger partial charge in [0.25, 0.3) is 0 Å². The molecule has 2 unspecified atom stereocenters. The molecule has 0 radical (unpaired) electrons. The van der Waals surface area contributed by atoms with Gasteiger partial charge in [0.15, 0.2) is 0 Å². The number of amides is 1. The third-order valence-electron chi connectivity index (χ3n) is 6.17. The SMILES string of the molecule is Cc1nc(C)n(CC2CCCN(C(=O)C3CCCN3Cc3ccc(F)cc3)C2)n1. The molecular weight excluding hydrogens is 369 g/mol. The highest BCUT2D eigenvalue weighted by Gasteiger charge is 2.35. The van der Waals surface area contributed by atoms with Crippen LogP contribution >= 0.6 is 0 Å². The molecule has 2 aromatic rings. The van der Waals surface area contributed by atoms with Gasteiger partial charge < -0.3 is 4.90 Å². The van der Waals surface area contributed by atoms with Crippen LogP contribution < -0.4 is 0 Å². The van der Waals surface area contributed by atoms with Crippen molar-refractivity contribution in [3.8, 4) is 0 Å². The minimum absolute atomic E-state index is 0.0610. The second-order valence-electron chi connectivity index (χ2n) is 8.44. The molecule has 1 aromatic carbocycles. The van der Waals surface area contributed by atoms with Crippen LogP contribution in [0.15, 0.2) is 24.3 Å². The third-order valence-corrected chi connectivity index (χ3v) is 6.17. The number of piperidine rings is 1. The van der Waals surface area contributed by atoms with Gasteiger partial charge in [0.05, 0.1) is 6.04 Å². The van der Waals surface area contributed by atoms with E-state index in [9.17, 15) is 9.18 Å². The molecule has 1 amide bonds. The van der Waals surface area contributed by atoms with Crippen molar-refractivity contribution in [1.82, 2.24) is 24.6 Å². The summed E-state index contributed by atoms with van der Waals surface area (Å²) in [6, 6.07) is 6.55. The second-order valence-corrected chi connectivity index (χ2v) is 8.44. The highest BCUT2D eigenvalue weighted by molar-refractivity contribution is 5.82. The van der Waals surface area contributed by atoms with Crippen molar-refractivity contribution in [1.29, 1.82) is 0 Å². The Morgan fingerprint density at radius 2 is 1.90 bits per heavy atom. The van der Waals surface area contributed by atoms with E-state index in [2.05, 4.69) is 19.9 Å². The predicted molar refractivity (Wildman–Crippen MR) is 109 cm³/mol. The summed E-state index contributed by atoms with van der Waals surface area (Å²) >= 11 is 0. The standard InChI is InChI=1S/C22H30FN5O/c1-16-24-17(2)28(25-16)15-19-5-3-12-27(14-19)22(29)21-6-4-11-26(21)13-18-7-9-20(23)10-8-18/h7-10,19,21H,3-6,11-15H2,1-2H3. The number of hydrogen-bond donors (Lipinski definition) is 0. The molecule has 1 aromatic heterocycles. The number of benzene rings is 1. The summed E-state index contributed by atoms with van der Waals surface area (Å²) in [6.45, 7) is 7.96. The van der Waals surface area contributed by atoms with Crippen LogP contribution in [0.3, 0.4) is 0 Å². The summed E-state index contributed by atoms with van der Waals surface area (Å²) in [5, 5.41) is 4.48. The minimum atomic E-state index is -0.222. The lowest BCUT2D eigenvalue weighted by atomic mass is 9.97. The van der Waals surface area contributed by atoms with Gasteiger partial charge in [-0.2, -0.15) is 5.10 Å². The molecule has 0 aliphatic carbocycles. The molecule has 0 N–H and O–H groups in total. The van der Waals surface area contributed by atoms with Crippen LogP contribution in [0.5, 0.6) is 0 Å². The van der Waals surface area contributed by atoms with E-state index in [1.54, 1.807) is 0 Å². The monoisotopic (exact) mass is 399 g/mol. The number of aryl methyl sites for hydroxylation is 2. The molecular formula is C22H30FN5O. The Morgan fingerprint density at radius 1 is 1.14 bits per heavy atom. The van der Waals surface area contributed by atoms with E-state index in [4.69, 9.17) is 0 Å². The molecule has 2 fully saturated rings. The Balaban J connectivity index is 1.38. The number of carbonyl (C=O) groups excluding carboxylic acids is 1. The van der Waals surface area contributed by atoms with E-state index < -0.39 is 0 Å². The first-order valence-electron chi connectivity index (χ1n) is 10.6. The molecule has 2 saturated heterocycles. The number of aromatic nitrogens is 3. The first-order chi connectivity index (χ1) is 14.0. The Morgan fingerprint density at radius 3 is 2.62 bits per heavy atom. The molecule has 2 atom stereocenters. The summed E-state index contributed by atoms with van der Waals surface area (Å²) in [6.07, 6.45) is 4.09. The molecule has 7 heteroatoms. The van der Waals surface area contributed by atoms with Gasteiger partial charge >= 0.3 is 0 Å². The molecule has 0 bridgehead atoms. The molecule has 4 rings (SSSR count). The fourth-order valence-corrected chi connectivity index (χ4v) is 4.72. The molecule has 2 aliphatic rings. The molecule has 2 aliphatic heterocycles. The van der Waals surface area contributed by atoms with Crippen molar-refractivity contribution in [3.05, 3.63) is 47.3 Å². The number of likely N-dealkylation sites (tertiary alicyclic amines) is 2. The van der Waals surface area contributed by atoms with Crippen LogP contribution in [0.4, 0.5) is 4.39 Å². The zero-order valence-electron chi connectivity index (χ0n) is 17.4. The van der Waals surface area contributed by atoms with Crippen LogP contribution in [0, 0.1) is 25.6 Å². The third kappa shape index (κ3) is 4.66. The van der Waals surface area contributed by atoms with Crippen molar-refractivity contribution in [2.45, 2.75) is 58.7 Å². The first kappa shape index (κ1) is 20.0. The van der Waals surface area contributed by atoms with E-state index in [0.29, 0.717) is 12.5 Å². The average Bonchev–Trinajstić information content (AvgIpc) is 3.29. The molecule has 6 nitrogen and oxygen atoms in total. The van der Waals surface area contributed by atoms with Gasteiger partial charge in [0.2, 0.25) is 5.91 Å². The maximum absolute atomic E-state index is 13.3. The Hall–Kier alpha value is -2.28. The zero-order valence-corrected chi connectivity index (χ0v) is 17.4. The average molecular weight is 400 g/mol. The lowest BCUT2D eigenvalue weighted by molar-refractivity contribution is -0.138. The van der Waals surface area contributed by atoms with Crippen molar-refractivity contribution in [3.63, 3.8) is 0 Å². The minimum Gasteiger partial charge on any atom is -0.341 e. The molecule has 156 valence electrons. The van der Waals surface area contributed by atoms with Crippen LogP contribution in [0.25, 0.3) is 0 Å². The number of halogens is 1. The van der Waals surface area contributed by atoms with Crippen molar-refractivity contribution in [2.24, 2.45) is 5.92 Å². The maximum atomic E-state index is 13.3. The van der Waals surface area contributed by atoms with Crippen LogP contribution in [-0.4, -0.2) is 56.1 Å². The lowest BCUT2D eigenvalue weighted by Gasteiger charge is -2.36. The summed E-state index contributed by atoms with van der Waals surface area (Å²) < 4.78 is 15.2. The van der Waals surface area contributed by atoms with E-state index >= 15 is 0 Å². The normalized spacial score (nSPS) is 22.9. The number of hydrogen-bond acceptors (Lipinski definition) is 4. The summed E-state index contributed by atoms with van der Waals surface area (Å²) in [5.41, 5.74) is 1.06. The second kappa shape index (κ2) is 8.61. The fraction of sp³-hybridized carbons (Fsp3) is 0.591. The Bertz CT molecular complexity index is 849. The highest BCUT2D eigenvalue weighted by Crippen LogP contribution is 2.25. The number of carbonyl (C=O) groups is 1. The van der Waals surface area contributed by atoms with Gasteiger partial charge in [-0.25, -0.2) is 14.1 Å². The maximum Gasteiger partial charge on any atom is 0.239 e. The van der Waals surface area contributed by atoms with Gasteiger partial charge in [-0.3, -0.25) is 9.69 Å². The predicted octanol–water partition coefficient (Wildman–Crippen LogP) is 2.94. The van der Waals surface area contributed by atoms with Gasteiger partial charge in [-0.15, -0.1) is 0 Å². The molecule has 29 heavy (non-hydrogen) atoms. The summed E-state index contributed by atoms with van der Waals surface area (Å²) in [4.78, 5) is 22.0. The molecule has 0 spiro atoms. The lowest BCUT2D eigenvalue weighted by Crippen LogP contribution is -2.49. The summed E-state index contributed by atoms with van der Waals surface area (Å²) in [5.74, 6) is 2.18. The van der Waals surface area contributed by atoms with Crippen LogP contribution in [0.1, 0.15) is 42.9 Å². The van der Waals surface area contributed by atoms with Gasteiger partial charge in [-0.1, -0.05) is 12.1 Å². The van der Waals surface area contributed by atoms with Crippen molar-refractivity contribution >= 4 is 5.91 Å². The van der Waals surface area contributed by atoms with Gasteiger partial charge in [0.1, 0.15) is 17.5 Å². The zero-order chi connectivity index (χ0) is 20.4. The van der Waals surface area contributed by atoms with Crippen molar-refractivity contribution < 1.29 is 9.18 Å². The Labute approximate surface area is 171 Å². The van der Waals surface area contributed by atoms with Gasteiger partial charge in [0, 0.05) is 26.2 Å². The molecule has 3 heterocycles.